The molecule has 2 aliphatic rings. The van der Waals surface area contributed by atoms with E-state index < -0.39 is 0 Å². The summed E-state index contributed by atoms with van der Waals surface area (Å²) in [6.07, 6.45) is 6.64. The molecule has 122 valence electrons. The summed E-state index contributed by atoms with van der Waals surface area (Å²) in [5.74, 6) is 0.206. The summed E-state index contributed by atoms with van der Waals surface area (Å²) >= 11 is 0. The first kappa shape index (κ1) is 15.5. The number of carbonyl (C=O) groups is 1. The van der Waals surface area contributed by atoms with Gasteiger partial charge in [0.15, 0.2) is 0 Å². The lowest BCUT2D eigenvalue weighted by molar-refractivity contribution is -0.137. The highest BCUT2D eigenvalue weighted by molar-refractivity contribution is 5.80. The van der Waals surface area contributed by atoms with Crippen LogP contribution in [-0.2, 0) is 9.53 Å². The van der Waals surface area contributed by atoms with Crippen molar-refractivity contribution < 1.29 is 9.53 Å². The number of amides is 1. The molecule has 0 N–H and O–H groups in total. The summed E-state index contributed by atoms with van der Waals surface area (Å²) in [5.41, 5.74) is 0. The van der Waals surface area contributed by atoms with E-state index in [1.165, 1.54) is 0 Å². The summed E-state index contributed by atoms with van der Waals surface area (Å²) in [6, 6.07) is 2.35. The van der Waals surface area contributed by atoms with Gasteiger partial charge in [-0.15, -0.1) is 0 Å². The van der Waals surface area contributed by atoms with Crippen molar-refractivity contribution in [2.75, 3.05) is 39.4 Å². The van der Waals surface area contributed by atoms with Crippen molar-refractivity contribution in [2.45, 2.75) is 38.3 Å². The molecule has 1 amide bonds. The zero-order valence-corrected chi connectivity index (χ0v) is 13.4. The molecule has 1 unspecified atom stereocenters. The maximum absolute atomic E-state index is 12.7. The lowest BCUT2D eigenvalue weighted by Gasteiger charge is -2.41. The molecule has 0 saturated carbocycles. The van der Waals surface area contributed by atoms with Gasteiger partial charge in [0.25, 0.3) is 0 Å². The normalized spacial score (nSPS) is 22.7. The van der Waals surface area contributed by atoms with Gasteiger partial charge in [0.2, 0.25) is 5.91 Å². The molecule has 6 heteroatoms. The Morgan fingerprint density at radius 2 is 2.00 bits per heavy atom. The average molecular weight is 306 g/mol. The Kier molecular flexibility index (Phi) is 5.10. The Balaban J connectivity index is 1.55. The minimum Gasteiger partial charge on any atom is -0.381 e. The molecule has 0 spiro atoms. The molecule has 1 atom stereocenters. The van der Waals surface area contributed by atoms with Crippen LogP contribution in [0.25, 0.3) is 0 Å². The highest BCUT2D eigenvalue weighted by Crippen LogP contribution is 2.19. The third kappa shape index (κ3) is 3.33. The van der Waals surface area contributed by atoms with Crippen LogP contribution in [0.4, 0.5) is 0 Å². The first-order valence-electron chi connectivity index (χ1n) is 8.39. The predicted octanol–water partition coefficient (Wildman–Crippen LogP) is 1.16. The summed E-state index contributed by atoms with van der Waals surface area (Å²) in [5, 5.41) is 4.24. The molecule has 3 heterocycles. The van der Waals surface area contributed by atoms with E-state index in [-0.39, 0.29) is 11.9 Å². The number of aromatic nitrogens is 2. The fraction of sp³-hybridized carbons (Fsp3) is 0.750. The Hall–Kier alpha value is -1.40. The first-order valence-corrected chi connectivity index (χ1v) is 8.39. The van der Waals surface area contributed by atoms with Gasteiger partial charge in [-0.3, -0.25) is 14.4 Å². The molecule has 2 aliphatic heterocycles. The van der Waals surface area contributed by atoms with Gasteiger partial charge < -0.3 is 9.64 Å². The van der Waals surface area contributed by atoms with Crippen LogP contribution in [-0.4, -0.2) is 70.9 Å². The molecule has 2 fully saturated rings. The van der Waals surface area contributed by atoms with Gasteiger partial charge in [0.05, 0.1) is 0 Å². The van der Waals surface area contributed by atoms with Crippen LogP contribution in [0.15, 0.2) is 18.5 Å². The summed E-state index contributed by atoms with van der Waals surface area (Å²) < 4.78 is 7.22. The largest absolute Gasteiger partial charge is 0.381 e. The van der Waals surface area contributed by atoms with Crippen molar-refractivity contribution >= 4 is 5.91 Å². The number of nitrogens with zero attached hydrogens (tertiary/aromatic N) is 4. The van der Waals surface area contributed by atoms with Crippen LogP contribution < -0.4 is 0 Å². The molecule has 0 aliphatic carbocycles. The SMILES string of the molecule is CCC(C(=O)N1CCN(C2CCOCC2)CC1)n1cccn1. The molecule has 0 radical (unpaired) electrons. The van der Waals surface area contributed by atoms with E-state index in [0.29, 0.717) is 6.04 Å². The van der Waals surface area contributed by atoms with E-state index in [1.807, 2.05) is 24.1 Å². The van der Waals surface area contributed by atoms with Gasteiger partial charge in [0, 0.05) is 57.8 Å². The second kappa shape index (κ2) is 7.24. The molecule has 1 aromatic rings. The number of hydrogen-bond acceptors (Lipinski definition) is 4. The van der Waals surface area contributed by atoms with Crippen molar-refractivity contribution in [3.8, 4) is 0 Å². The van der Waals surface area contributed by atoms with Crippen molar-refractivity contribution in [3.05, 3.63) is 18.5 Å². The Labute approximate surface area is 132 Å². The minimum absolute atomic E-state index is 0.162. The highest BCUT2D eigenvalue weighted by atomic mass is 16.5. The molecule has 6 nitrogen and oxygen atoms in total. The lowest BCUT2D eigenvalue weighted by atomic mass is 10.1. The average Bonchev–Trinajstić information content (AvgIpc) is 3.11. The monoisotopic (exact) mass is 306 g/mol. The summed E-state index contributed by atoms with van der Waals surface area (Å²) in [4.78, 5) is 17.3. The van der Waals surface area contributed by atoms with Crippen LogP contribution in [0.3, 0.4) is 0 Å². The van der Waals surface area contributed by atoms with Crippen molar-refractivity contribution in [1.82, 2.24) is 19.6 Å². The van der Waals surface area contributed by atoms with E-state index in [9.17, 15) is 4.79 Å². The fourth-order valence-electron chi connectivity index (χ4n) is 3.51. The van der Waals surface area contributed by atoms with Gasteiger partial charge in [-0.25, -0.2) is 0 Å². The predicted molar refractivity (Wildman–Crippen MR) is 83.5 cm³/mol. The van der Waals surface area contributed by atoms with Gasteiger partial charge in [-0.05, 0) is 25.3 Å². The fourth-order valence-corrected chi connectivity index (χ4v) is 3.51. The van der Waals surface area contributed by atoms with Gasteiger partial charge in [-0.1, -0.05) is 6.92 Å². The molecule has 0 bridgehead atoms. The third-order valence-electron chi connectivity index (χ3n) is 4.85. The lowest BCUT2D eigenvalue weighted by Crippen LogP contribution is -2.54. The summed E-state index contributed by atoms with van der Waals surface area (Å²) in [7, 11) is 0. The summed E-state index contributed by atoms with van der Waals surface area (Å²) in [6.45, 7) is 7.41. The van der Waals surface area contributed by atoms with E-state index in [2.05, 4.69) is 10.00 Å². The second-order valence-corrected chi connectivity index (χ2v) is 6.11. The van der Waals surface area contributed by atoms with E-state index in [0.717, 1.165) is 58.7 Å². The van der Waals surface area contributed by atoms with Crippen LogP contribution in [0, 0.1) is 0 Å². The van der Waals surface area contributed by atoms with Crippen LogP contribution in [0.1, 0.15) is 32.2 Å². The van der Waals surface area contributed by atoms with Gasteiger partial charge >= 0.3 is 0 Å². The minimum atomic E-state index is -0.162. The smallest absolute Gasteiger partial charge is 0.247 e. The Morgan fingerprint density at radius 3 is 2.59 bits per heavy atom. The number of rotatable bonds is 4. The topological polar surface area (TPSA) is 50.6 Å². The second-order valence-electron chi connectivity index (χ2n) is 6.11. The number of carbonyl (C=O) groups excluding carboxylic acids is 1. The van der Waals surface area contributed by atoms with E-state index in [4.69, 9.17) is 4.74 Å². The maximum atomic E-state index is 12.7. The molecule has 22 heavy (non-hydrogen) atoms. The maximum Gasteiger partial charge on any atom is 0.247 e. The number of ether oxygens (including phenoxy) is 1. The highest BCUT2D eigenvalue weighted by Gasteiger charge is 2.30. The standard InChI is InChI=1S/C16H26N4O2/c1-2-15(20-7-3-6-17-20)16(21)19-10-8-18(9-11-19)14-4-12-22-13-5-14/h3,6-7,14-15H,2,4-5,8-13H2,1H3. The van der Waals surface area contributed by atoms with Crippen molar-refractivity contribution in [3.63, 3.8) is 0 Å². The van der Waals surface area contributed by atoms with E-state index in [1.54, 1.807) is 10.9 Å². The quantitative estimate of drug-likeness (QED) is 0.837. The Morgan fingerprint density at radius 1 is 1.27 bits per heavy atom. The molecule has 2 saturated heterocycles. The zero-order valence-electron chi connectivity index (χ0n) is 13.4. The van der Waals surface area contributed by atoms with Crippen LogP contribution in [0.2, 0.25) is 0 Å². The van der Waals surface area contributed by atoms with Crippen LogP contribution in [0.5, 0.6) is 0 Å². The molecule has 0 aromatic carbocycles. The Bertz CT molecular complexity index is 463. The van der Waals surface area contributed by atoms with Crippen LogP contribution >= 0.6 is 0 Å². The number of piperazine rings is 1. The van der Waals surface area contributed by atoms with Gasteiger partial charge in [-0.2, -0.15) is 5.10 Å². The van der Waals surface area contributed by atoms with Crippen molar-refractivity contribution in [1.29, 1.82) is 0 Å². The molecule has 3 rings (SSSR count). The van der Waals surface area contributed by atoms with Gasteiger partial charge in [0.1, 0.15) is 6.04 Å². The third-order valence-corrected chi connectivity index (χ3v) is 4.85. The zero-order chi connectivity index (χ0) is 15.4. The molecular formula is C16H26N4O2. The first-order chi connectivity index (χ1) is 10.8. The molecule has 1 aromatic heterocycles. The number of hydrogen-bond donors (Lipinski definition) is 0. The molecular weight excluding hydrogens is 280 g/mol. The van der Waals surface area contributed by atoms with Crippen molar-refractivity contribution in [2.24, 2.45) is 0 Å². The van der Waals surface area contributed by atoms with E-state index >= 15 is 0 Å².